The van der Waals surface area contributed by atoms with Gasteiger partial charge in [0.25, 0.3) is 0 Å². The molecule has 0 radical (unpaired) electrons. The predicted molar refractivity (Wildman–Crippen MR) is 71.3 cm³/mol. The zero-order chi connectivity index (χ0) is 12.7. The smallest absolute Gasteiger partial charge is 0.328 e. The van der Waals surface area contributed by atoms with Crippen LogP contribution in [-0.2, 0) is 14.1 Å². The third-order valence-corrected chi connectivity index (χ3v) is 2.83. The fraction of sp³-hybridized carbons (Fsp3) is 0.417. The molecule has 0 atom stereocenters. The van der Waals surface area contributed by atoms with Gasteiger partial charge in [0.15, 0.2) is 0 Å². The average Bonchev–Trinajstić information content (AvgIpc) is 2.43. The zero-order valence-electron chi connectivity index (χ0n) is 10.6. The molecule has 2 rings (SSSR count). The molecule has 1 aromatic heterocycles. The van der Waals surface area contributed by atoms with Crippen molar-refractivity contribution in [3.8, 4) is 0 Å². The Morgan fingerprint density at radius 2 is 1.88 bits per heavy atom. The standard InChI is InChI=1S/C12H18N4O/c1-7(2)14-9-5-8(13)6-10-11(9)16(4)12(17)15(10)3/h5-7,14H,13H2,1-4H3. The highest BCUT2D eigenvalue weighted by Gasteiger charge is 2.13. The Morgan fingerprint density at radius 3 is 2.47 bits per heavy atom. The van der Waals surface area contributed by atoms with Crippen molar-refractivity contribution in [1.82, 2.24) is 9.13 Å². The third-order valence-electron chi connectivity index (χ3n) is 2.83. The number of hydrogen-bond acceptors (Lipinski definition) is 3. The summed E-state index contributed by atoms with van der Waals surface area (Å²) in [6, 6.07) is 3.97. The Balaban J connectivity index is 2.83. The normalized spacial score (nSPS) is 11.4. The van der Waals surface area contributed by atoms with Crippen LogP contribution in [0.15, 0.2) is 16.9 Å². The van der Waals surface area contributed by atoms with Gasteiger partial charge >= 0.3 is 5.69 Å². The van der Waals surface area contributed by atoms with Crippen LogP contribution in [0, 0.1) is 0 Å². The van der Waals surface area contributed by atoms with E-state index in [0.717, 1.165) is 16.7 Å². The quantitative estimate of drug-likeness (QED) is 0.769. The molecule has 0 fully saturated rings. The highest BCUT2D eigenvalue weighted by molar-refractivity contribution is 5.92. The summed E-state index contributed by atoms with van der Waals surface area (Å²) in [7, 11) is 3.52. The van der Waals surface area contributed by atoms with Crippen LogP contribution in [0.4, 0.5) is 11.4 Å². The van der Waals surface area contributed by atoms with Crippen molar-refractivity contribution in [2.24, 2.45) is 14.1 Å². The molecule has 0 unspecified atom stereocenters. The van der Waals surface area contributed by atoms with Gasteiger partial charge in [-0.3, -0.25) is 9.13 Å². The lowest BCUT2D eigenvalue weighted by Gasteiger charge is -2.12. The molecule has 0 bridgehead atoms. The van der Waals surface area contributed by atoms with Crippen molar-refractivity contribution >= 4 is 22.4 Å². The first-order valence-corrected chi connectivity index (χ1v) is 5.63. The van der Waals surface area contributed by atoms with Crippen LogP contribution in [0.3, 0.4) is 0 Å². The van der Waals surface area contributed by atoms with Crippen molar-refractivity contribution < 1.29 is 0 Å². The number of anilines is 2. The number of nitrogens with one attached hydrogen (secondary N) is 1. The van der Waals surface area contributed by atoms with Crippen LogP contribution in [0.1, 0.15) is 13.8 Å². The summed E-state index contributed by atoms with van der Waals surface area (Å²) in [6.45, 7) is 4.10. The molecule has 3 N–H and O–H groups in total. The summed E-state index contributed by atoms with van der Waals surface area (Å²) in [4.78, 5) is 11.9. The van der Waals surface area contributed by atoms with Gasteiger partial charge in [-0.2, -0.15) is 0 Å². The maximum absolute atomic E-state index is 11.9. The zero-order valence-corrected chi connectivity index (χ0v) is 10.6. The van der Waals surface area contributed by atoms with Gasteiger partial charge in [-0.05, 0) is 26.0 Å². The minimum atomic E-state index is -0.0441. The second kappa shape index (κ2) is 3.84. The van der Waals surface area contributed by atoms with E-state index in [1.165, 1.54) is 0 Å². The lowest BCUT2D eigenvalue weighted by Crippen LogP contribution is -2.19. The fourth-order valence-corrected chi connectivity index (χ4v) is 2.09. The lowest BCUT2D eigenvalue weighted by atomic mass is 10.2. The van der Waals surface area contributed by atoms with E-state index in [9.17, 15) is 4.79 Å². The highest BCUT2D eigenvalue weighted by Crippen LogP contribution is 2.26. The van der Waals surface area contributed by atoms with Crippen molar-refractivity contribution in [3.05, 3.63) is 22.6 Å². The van der Waals surface area contributed by atoms with Gasteiger partial charge in [-0.1, -0.05) is 0 Å². The molecule has 1 aromatic carbocycles. The number of nitrogen functional groups attached to an aromatic ring is 1. The number of hydrogen-bond donors (Lipinski definition) is 2. The van der Waals surface area contributed by atoms with Crippen molar-refractivity contribution in [1.29, 1.82) is 0 Å². The Morgan fingerprint density at radius 1 is 1.24 bits per heavy atom. The summed E-state index contributed by atoms with van der Waals surface area (Å²) in [5.41, 5.74) is 9.11. The Hall–Kier alpha value is -1.91. The monoisotopic (exact) mass is 234 g/mol. The number of benzene rings is 1. The summed E-state index contributed by atoms with van der Waals surface area (Å²) < 4.78 is 3.25. The van der Waals surface area contributed by atoms with Crippen LogP contribution in [-0.4, -0.2) is 15.2 Å². The van der Waals surface area contributed by atoms with E-state index >= 15 is 0 Å². The highest BCUT2D eigenvalue weighted by atomic mass is 16.1. The fourth-order valence-electron chi connectivity index (χ4n) is 2.09. The van der Waals surface area contributed by atoms with E-state index in [4.69, 9.17) is 5.73 Å². The summed E-state index contributed by atoms with van der Waals surface area (Å²) in [5.74, 6) is 0. The molecule has 5 heteroatoms. The Kier molecular flexibility index (Phi) is 2.61. The number of imidazole rings is 1. The van der Waals surface area contributed by atoms with Crippen LogP contribution < -0.4 is 16.7 Å². The van der Waals surface area contributed by atoms with Crippen LogP contribution in [0.2, 0.25) is 0 Å². The second-order valence-electron chi connectivity index (χ2n) is 4.64. The molecular weight excluding hydrogens is 216 g/mol. The number of aryl methyl sites for hydroxylation is 2. The van der Waals surface area contributed by atoms with E-state index in [-0.39, 0.29) is 11.7 Å². The number of nitrogens with two attached hydrogens (primary N) is 1. The number of aromatic nitrogens is 2. The van der Waals surface area contributed by atoms with Gasteiger partial charge in [0.2, 0.25) is 0 Å². The van der Waals surface area contributed by atoms with Crippen LogP contribution >= 0.6 is 0 Å². The first-order chi connectivity index (χ1) is 7.91. The minimum absolute atomic E-state index is 0.0441. The maximum Gasteiger partial charge on any atom is 0.328 e. The number of rotatable bonds is 2. The lowest BCUT2D eigenvalue weighted by molar-refractivity contribution is 0.794. The van der Waals surface area contributed by atoms with Gasteiger partial charge in [-0.15, -0.1) is 0 Å². The van der Waals surface area contributed by atoms with Gasteiger partial charge in [0.05, 0.1) is 16.7 Å². The maximum atomic E-state index is 11.9. The average molecular weight is 234 g/mol. The van der Waals surface area contributed by atoms with Crippen molar-refractivity contribution in [3.63, 3.8) is 0 Å². The summed E-state index contributed by atoms with van der Waals surface area (Å²) in [5, 5.41) is 3.32. The SMILES string of the molecule is CC(C)Nc1cc(N)cc2c1n(C)c(=O)n2C. The van der Waals surface area contributed by atoms with E-state index in [1.807, 2.05) is 12.1 Å². The molecule has 17 heavy (non-hydrogen) atoms. The van der Waals surface area contributed by atoms with Crippen molar-refractivity contribution in [2.45, 2.75) is 19.9 Å². The van der Waals surface area contributed by atoms with Gasteiger partial charge in [0, 0.05) is 25.8 Å². The van der Waals surface area contributed by atoms with E-state index in [0.29, 0.717) is 5.69 Å². The molecule has 2 aromatic rings. The molecule has 92 valence electrons. The minimum Gasteiger partial charge on any atom is -0.399 e. The van der Waals surface area contributed by atoms with Gasteiger partial charge < -0.3 is 11.1 Å². The number of nitrogens with zero attached hydrogens (tertiary/aromatic N) is 2. The molecule has 0 spiro atoms. The molecule has 0 saturated carbocycles. The van der Waals surface area contributed by atoms with E-state index < -0.39 is 0 Å². The van der Waals surface area contributed by atoms with Gasteiger partial charge in [-0.25, -0.2) is 4.79 Å². The first kappa shape index (κ1) is 11.6. The third kappa shape index (κ3) is 1.77. The molecular formula is C12H18N4O. The molecule has 0 amide bonds. The predicted octanol–water partition coefficient (Wildman–Crippen LogP) is 1.28. The topological polar surface area (TPSA) is 65.0 Å². The number of fused-ring (bicyclic) bond motifs is 1. The van der Waals surface area contributed by atoms with Crippen LogP contribution in [0.25, 0.3) is 11.0 Å². The Labute approximate surface area is 99.8 Å². The molecule has 5 nitrogen and oxygen atoms in total. The second-order valence-corrected chi connectivity index (χ2v) is 4.64. The molecule has 1 heterocycles. The first-order valence-electron chi connectivity index (χ1n) is 5.63. The van der Waals surface area contributed by atoms with E-state index in [1.54, 1.807) is 23.2 Å². The molecule has 0 aliphatic rings. The summed E-state index contributed by atoms with van der Waals surface area (Å²) in [6.07, 6.45) is 0. The Bertz CT molecular complexity index is 621. The van der Waals surface area contributed by atoms with Crippen molar-refractivity contribution in [2.75, 3.05) is 11.1 Å². The largest absolute Gasteiger partial charge is 0.399 e. The molecule has 0 aliphatic carbocycles. The molecule has 0 saturated heterocycles. The summed E-state index contributed by atoms with van der Waals surface area (Å²) >= 11 is 0. The molecule has 0 aliphatic heterocycles. The van der Waals surface area contributed by atoms with Crippen LogP contribution in [0.5, 0.6) is 0 Å². The van der Waals surface area contributed by atoms with E-state index in [2.05, 4.69) is 19.2 Å². The van der Waals surface area contributed by atoms with Gasteiger partial charge in [0.1, 0.15) is 0 Å².